The largest absolute Gasteiger partial charge is 0.378 e. The Balaban J connectivity index is 1.99. The van der Waals surface area contributed by atoms with Crippen LogP contribution in [-0.4, -0.2) is 74.7 Å². The maximum absolute atomic E-state index is 12.3. The fourth-order valence-corrected chi connectivity index (χ4v) is 5.14. The number of carbonyl (C=O) groups excluding carboxylic acids is 1. The van der Waals surface area contributed by atoms with Gasteiger partial charge in [0.1, 0.15) is 5.37 Å². The smallest absolute Gasteiger partial charge is 0.225 e. The molecule has 2 aliphatic rings. The van der Waals surface area contributed by atoms with Crippen molar-refractivity contribution in [1.29, 1.82) is 0 Å². The van der Waals surface area contributed by atoms with Crippen LogP contribution in [0.15, 0.2) is 0 Å². The van der Waals surface area contributed by atoms with Crippen LogP contribution in [0.2, 0.25) is 0 Å². The molecular weight excluding hydrogens is 288 g/mol. The first kappa shape index (κ1) is 15.1. The fraction of sp³-hybridized carbons (Fsp3) is 0.909. The molecule has 0 aromatic carbocycles. The molecule has 6 nitrogen and oxygen atoms in total. The Morgan fingerprint density at radius 1 is 1.53 bits per heavy atom. The standard InChI is InChI=1S/C11H20N2O4S2/c1-19(15,16)11-8-18-5-3-13(11)10(14)6-9-7-17-4-2-12-9/h9,11-12H,2-8H2,1H3. The molecule has 2 fully saturated rings. The first-order valence-corrected chi connectivity index (χ1v) is 9.46. The lowest BCUT2D eigenvalue weighted by atomic mass is 10.2. The van der Waals surface area contributed by atoms with Crippen molar-refractivity contribution in [3.05, 3.63) is 0 Å². The molecule has 2 rings (SSSR count). The zero-order chi connectivity index (χ0) is 13.9. The summed E-state index contributed by atoms with van der Waals surface area (Å²) in [6, 6.07) is -0.00367. The summed E-state index contributed by atoms with van der Waals surface area (Å²) >= 11 is 1.58. The lowest BCUT2D eigenvalue weighted by molar-refractivity contribution is -0.132. The number of nitrogens with zero attached hydrogens (tertiary/aromatic N) is 1. The highest BCUT2D eigenvalue weighted by atomic mass is 32.2. The maximum atomic E-state index is 12.3. The van der Waals surface area contributed by atoms with Gasteiger partial charge in [0.25, 0.3) is 0 Å². The minimum Gasteiger partial charge on any atom is -0.378 e. The average Bonchev–Trinajstić information content (AvgIpc) is 2.39. The SMILES string of the molecule is CS(=O)(=O)C1CSCCN1C(=O)CC1COCCN1. The third-order valence-corrected chi connectivity index (χ3v) is 5.96. The van der Waals surface area contributed by atoms with E-state index < -0.39 is 15.2 Å². The van der Waals surface area contributed by atoms with Gasteiger partial charge in [0.2, 0.25) is 5.91 Å². The molecule has 2 aliphatic heterocycles. The van der Waals surface area contributed by atoms with Crippen molar-refractivity contribution >= 4 is 27.5 Å². The van der Waals surface area contributed by atoms with E-state index in [0.717, 1.165) is 12.3 Å². The highest BCUT2D eigenvalue weighted by Crippen LogP contribution is 2.21. The van der Waals surface area contributed by atoms with Gasteiger partial charge in [-0.25, -0.2) is 8.42 Å². The van der Waals surface area contributed by atoms with Gasteiger partial charge >= 0.3 is 0 Å². The number of sulfone groups is 1. The van der Waals surface area contributed by atoms with Gasteiger partial charge in [0.15, 0.2) is 9.84 Å². The van der Waals surface area contributed by atoms with Crippen LogP contribution in [0.3, 0.4) is 0 Å². The topological polar surface area (TPSA) is 75.7 Å². The minimum absolute atomic E-state index is 0.00367. The molecule has 1 N–H and O–H groups in total. The Labute approximate surface area is 118 Å². The van der Waals surface area contributed by atoms with Crippen molar-refractivity contribution in [3.8, 4) is 0 Å². The summed E-state index contributed by atoms with van der Waals surface area (Å²) in [6.45, 7) is 2.42. The highest BCUT2D eigenvalue weighted by Gasteiger charge is 2.34. The van der Waals surface area contributed by atoms with E-state index in [1.54, 1.807) is 11.8 Å². The summed E-state index contributed by atoms with van der Waals surface area (Å²) in [5.41, 5.74) is 0. The minimum atomic E-state index is -3.23. The summed E-state index contributed by atoms with van der Waals surface area (Å²) in [5, 5.41) is 2.54. The van der Waals surface area contributed by atoms with E-state index in [4.69, 9.17) is 4.74 Å². The molecule has 2 atom stereocenters. The number of nitrogens with one attached hydrogen (secondary N) is 1. The highest BCUT2D eigenvalue weighted by molar-refractivity contribution is 8.00. The molecule has 0 saturated carbocycles. The van der Waals surface area contributed by atoms with Crippen LogP contribution in [0.5, 0.6) is 0 Å². The zero-order valence-electron chi connectivity index (χ0n) is 11.0. The summed E-state index contributed by atoms with van der Waals surface area (Å²) in [6.07, 6.45) is 1.50. The molecule has 0 aromatic rings. The number of hydrogen-bond acceptors (Lipinski definition) is 6. The average molecular weight is 308 g/mol. The number of ether oxygens (including phenoxy) is 1. The molecule has 0 spiro atoms. The third-order valence-electron chi connectivity index (χ3n) is 3.32. The number of thioether (sulfide) groups is 1. The first-order valence-electron chi connectivity index (χ1n) is 6.35. The second-order valence-electron chi connectivity index (χ2n) is 4.88. The molecule has 8 heteroatoms. The predicted octanol–water partition coefficient (Wildman–Crippen LogP) is -0.689. The number of amides is 1. The van der Waals surface area contributed by atoms with Crippen LogP contribution in [0.1, 0.15) is 6.42 Å². The van der Waals surface area contributed by atoms with E-state index in [-0.39, 0.29) is 11.9 Å². The summed E-state index contributed by atoms with van der Waals surface area (Å²) < 4.78 is 28.8. The second kappa shape index (κ2) is 6.43. The Morgan fingerprint density at radius 2 is 2.32 bits per heavy atom. The first-order chi connectivity index (χ1) is 8.98. The van der Waals surface area contributed by atoms with Gasteiger partial charge in [0, 0.05) is 43.3 Å². The predicted molar refractivity (Wildman–Crippen MR) is 74.9 cm³/mol. The summed E-state index contributed by atoms with van der Waals surface area (Å²) in [4.78, 5) is 13.8. The fourth-order valence-electron chi connectivity index (χ4n) is 2.30. The quantitative estimate of drug-likeness (QED) is 0.744. The molecule has 2 saturated heterocycles. The molecule has 0 aromatic heterocycles. The Hall–Kier alpha value is -0.310. The van der Waals surface area contributed by atoms with Crippen molar-refractivity contribution in [2.45, 2.75) is 17.8 Å². The van der Waals surface area contributed by atoms with Crippen LogP contribution in [0, 0.1) is 0 Å². The number of morpholine rings is 1. The van der Waals surface area contributed by atoms with Gasteiger partial charge in [-0.1, -0.05) is 0 Å². The number of hydrogen-bond donors (Lipinski definition) is 1. The summed E-state index contributed by atoms with van der Waals surface area (Å²) in [5.74, 6) is 1.17. The van der Waals surface area contributed by atoms with Gasteiger partial charge in [0.05, 0.1) is 13.2 Å². The summed E-state index contributed by atoms with van der Waals surface area (Å²) in [7, 11) is -3.23. The monoisotopic (exact) mass is 308 g/mol. The van der Waals surface area contributed by atoms with Gasteiger partial charge < -0.3 is 15.0 Å². The zero-order valence-corrected chi connectivity index (χ0v) is 12.6. The van der Waals surface area contributed by atoms with E-state index in [1.807, 2.05) is 0 Å². The van der Waals surface area contributed by atoms with Crippen molar-refractivity contribution in [3.63, 3.8) is 0 Å². The lowest BCUT2D eigenvalue weighted by Gasteiger charge is -2.35. The molecule has 0 bridgehead atoms. The molecule has 1 amide bonds. The van der Waals surface area contributed by atoms with E-state index in [1.165, 1.54) is 11.2 Å². The number of rotatable bonds is 3. The molecule has 110 valence electrons. The Kier molecular flexibility index (Phi) is 5.10. The van der Waals surface area contributed by atoms with E-state index in [0.29, 0.717) is 31.9 Å². The molecule has 2 unspecified atom stereocenters. The van der Waals surface area contributed by atoms with Gasteiger partial charge in [-0.3, -0.25) is 4.79 Å². The number of carbonyl (C=O) groups is 1. The Morgan fingerprint density at radius 3 is 2.95 bits per heavy atom. The van der Waals surface area contributed by atoms with Crippen molar-refractivity contribution in [2.75, 3.05) is 44.1 Å². The van der Waals surface area contributed by atoms with E-state index >= 15 is 0 Å². The molecule has 2 heterocycles. The van der Waals surface area contributed by atoms with E-state index in [2.05, 4.69) is 5.32 Å². The van der Waals surface area contributed by atoms with Gasteiger partial charge in [-0.05, 0) is 0 Å². The van der Waals surface area contributed by atoms with Crippen LogP contribution >= 0.6 is 11.8 Å². The van der Waals surface area contributed by atoms with Crippen molar-refractivity contribution < 1.29 is 17.9 Å². The van der Waals surface area contributed by atoms with Crippen molar-refractivity contribution in [1.82, 2.24) is 10.2 Å². The van der Waals surface area contributed by atoms with Crippen LogP contribution in [0.25, 0.3) is 0 Å². The van der Waals surface area contributed by atoms with Crippen molar-refractivity contribution in [2.24, 2.45) is 0 Å². The molecule has 19 heavy (non-hydrogen) atoms. The van der Waals surface area contributed by atoms with Crippen LogP contribution in [-0.2, 0) is 19.4 Å². The van der Waals surface area contributed by atoms with Crippen LogP contribution < -0.4 is 5.32 Å². The molecule has 0 aliphatic carbocycles. The normalized spacial score (nSPS) is 29.2. The van der Waals surface area contributed by atoms with Gasteiger partial charge in [-0.2, -0.15) is 11.8 Å². The van der Waals surface area contributed by atoms with Gasteiger partial charge in [-0.15, -0.1) is 0 Å². The van der Waals surface area contributed by atoms with Crippen LogP contribution in [0.4, 0.5) is 0 Å². The molecular formula is C11H20N2O4S2. The molecule has 0 radical (unpaired) electrons. The maximum Gasteiger partial charge on any atom is 0.225 e. The third kappa shape index (κ3) is 4.08. The van der Waals surface area contributed by atoms with E-state index in [9.17, 15) is 13.2 Å². The second-order valence-corrected chi connectivity index (χ2v) is 8.23. The Bertz CT molecular complexity index is 420. The lowest BCUT2D eigenvalue weighted by Crippen LogP contribution is -2.52.